The highest BCUT2D eigenvalue weighted by atomic mass is 79.9. The van der Waals surface area contributed by atoms with Crippen LogP contribution in [-0.2, 0) is 0 Å². The van der Waals surface area contributed by atoms with E-state index in [4.69, 9.17) is 11.6 Å². The number of β-amino-alcohol motifs (C(OH)–C–C–N with tert-alkyl or cyclic N) is 1. The Morgan fingerprint density at radius 2 is 2.24 bits per heavy atom. The van der Waals surface area contributed by atoms with Crippen LogP contribution in [0.15, 0.2) is 22.7 Å². The van der Waals surface area contributed by atoms with Crippen LogP contribution >= 0.6 is 27.5 Å². The van der Waals surface area contributed by atoms with Gasteiger partial charge < -0.3 is 10.0 Å². The molecule has 0 atom stereocenters. The van der Waals surface area contributed by atoms with Gasteiger partial charge >= 0.3 is 0 Å². The van der Waals surface area contributed by atoms with E-state index in [2.05, 4.69) is 15.9 Å². The van der Waals surface area contributed by atoms with Crippen LogP contribution in [0.4, 0.5) is 0 Å². The number of carbonyl (C=O) groups excluding carboxylic acids is 1. The van der Waals surface area contributed by atoms with Crippen molar-refractivity contribution >= 4 is 33.4 Å². The first-order valence-electron chi connectivity index (χ1n) is 5.42. The average Bonchev–Trinajstić information content (AvgIpc) is 2.24. The quantitative estimate of drug-likeness (QED) is 0.911. The molecule has 5 heteroatoms. The zero-order chi connectivity index (χ0) is 12.6. The predicted octanol–water partition coefficient (Wildman–Crippen LogP) is 2.70. The van der Waals surface area contributed by atoms with Gasteiger partial charge in [-0.1, -0.05) is 34.5 Å². The third-order valence-corrected chi connectivity index (χ3v) is 3.88. The lowest BCUT2D eigenvalue weighted by atomic mass is 9.90. The summed E-state index contributed by atoms with van der Waals surface area (Å²) in [6.07, 6.45) is 0.658. The van der Waals surface area contributed by atoms with E-state index in [1.807, 2.05) is 6.92 Å². The highest BCUT2D eigenvalue weighted by Crippen LogP contribution is 2.28. The second-order valence-electron chi connectivity index (χ2n) is 4.36. The van der Waals surface area contributed by atoms with Crippen LogP contribution in [0.2, 0.25) is 5.02 Å². The van der Waals surface area contributed by atoms with E-state index in [0.29, 0.717) is 30.1 Å². The maximum absolute atomic E-state index is 12.1. The Bertz CT molecular complexity index is 458. The SMILES string of the molecule is CCC1(O)CN(C(=O)c2ccc(Br)cc2Cl)C1. The number of amides is 1. The van der Waals surface area contributed by atoms with Gasteiger partial charge in [0.15, 0.2) is 0 Å². The molecule has 1 fully saturated rings. The van der Waals surface area contributed by atoms with Crippen molar-refractivity contribution in [2.24, 2.45) is 0 Å². The van der Waals surface area contributed by atoms with Crippen molar-refractivity contribution in [1.29, 1.82) is 0 Å². The molecule has 1 aliphatic rings. The minimum Gasteiger partial charge on any atom is -0.386 e. The largest absolute Gasteiger partial charge is 0.386 e. The molecular weight excluding hydrogens is 305 g/mol. The molecule has 0 aliphatic carbocycles. The number of hydrogen-bond acceptors (Lipinski definition) is 2. The molecule has 0 aromatic heterocycles. The lowest BCUT2D eigenvalue weighted by molar-refractivity contribution is -0.0826. The summed E-state index contributed by atoms with van der Waals surface area (Å²) in [6, 6.07) is 5.17. The summed E-state index contributed by atoms with van der Waals surface area (Å²) in [6.45, 7) is 2.68. The summed E-state index contributed by atoms with van der Waals surface area (Å²) in [7, 11) is 0. The lowest BCUT2D eigenvalue weighted by Crippen LogP contribution is -2.63. The number of aliphatic hydroxyl groups is 1. The van der Waals surface area contributed by atoms with E-state index in [1.165, 1.54) is 0 Å². The van der Waals surface area contributed by atoms with Crippen LogP contribution in [0.1, 0.15) is 23.7 Å². The van der Waals surface area contributed by atoms with Gasteiger partial charge in [0.1, 0.15) is 0 Å². The van der Waals surface area contributed by atoms with Crippen molar-refractivity contribution in [3.8, 4) is 0 Å². The molecule has 1 aromatic rings. The fourth-order valence-corrected chi connectivity index (χ4v) is 2.62. The third kappa shape index (κ3) is 2.49. The smallest absolute Gasteiger partial charge is 0.255 e. The zero-order valence-corrected chi connectivity index (χ0v) is 11.8. The van der Waals surface area contributed by atoms with Gasteiger partial charge in [-0.25, -0.2) is 0 Å². The van der Waals surface area contributed by atoms with Crippen LogP contribution in [-0.4, -0.2) is 34.6 Å². The van der Waals surface area contributed by atoms with Gasteiger partial charge in [0.05, 0.1) is 29.3 Å². The molecule has 1 aromatic carbocycles. The number of nitrogens with zero attached hydrogens (tertiary/aromatic N) is 1. The Labute approximate surface area is 114 Å². The molecule has 92 valence electrons. The van der Waals surface area contributed by atoms with Crippen LogP contribution in [0.5, 0.6) is 0 Å². The van der Waals surface area contributed by atoms with E-state index in [1.54, 1.807) is 23.1 Å². The van der Waals surface area contributed by atoms with Crippen molar-refractivity contribution in [1.82, 2.24) is 4.90 Å². The van der Waals surface area contributed by atoms with Gasteiger partial charge in [-0.3, -0.25) is 4.79 Å². The molecule has 17 heavy (non-hydrogen) atoms. The molecule has 1 amide bonds. The number of hydrogen-bond donors (Lipinski definition) is 1. The molecule has 1 saturated heterocycles. The van der Waals surface area contributed by atoms with E-state index in [0.717, 1.165) is 4.47 Å². The highest BCUT2D eigenvalue weighted by Gasteiger charge is 2.42. The Kier molecular flexibility index (Phi) is 3.48. The van der Waals surface area contributed by atoms with Crippen molar-refractivity contribution in [3.05, 3.63) is 33.3 Å². The molecular formula is C12H13BrClNO2. The van der Waals surface area contributed by atoms with Gasteiger partial charge in [0.25, 0.3) is 5.91 Å². The second kappa shape index (κ2) is 4.59. The maximum Gasteiger partial charge on any atom is 0.255 e. The molecule has 2 rings (SSSR count). The topological polar surface area (TPSA) is 40.5 Å². The van der Waals surface area contributed by atoms with Gasteiger partial charge in [0, 0.05) is 4.47 Å². The lowest BCUT2D eigenvalue weighted by Gasteiger charge is -2.46. The number of rotatable bonds is 2. The highest BCUT2D eigenvalue weighted by molar-refractivity contribution is 9.10. The Morgan fingerprint density at radius 3 is 2.76 bits per heavy atom. The second-order valence-corrected chi connectivity index (χ2v) is 5.69. The molecule has 1 heterocycles. The number of halogens is 2. The van der Waals surface area contributed by atoms with Crippen LogP contribution in [0, 0.1) is 0 Å². The van der Waals surface area contributed by atoms with Crippen molar-refractivity contribution < 1.29 is 9.90 Å². The first-order chi connectivity index (χ1) is 7.95. The molecule has 0 bridgehead atoms. The number of carbonyl (C=O) groups is 1. The summed E-state index contributed by atoms with van der Waals surface area (Å²) < 4.78 is 0.840. The maximum atomic E-state index is 12.1. The minimum atomic E-state index is -0.711. The molecule has 0 radical (unpaired) electrons. The number of benzene rings is 1. The average molecular weight is 319 g/mol. The van der Waals surface area contributed by atoms with E-state index in [-0.39, 0.29) is 5.91 Å². The zero-order valence-electron chi connectivity index (χ0n) is 9.41. The third-order valence-electron chi connectivity index (χ3n) is 3.08. The molecule has 0 saturated carbocycles. The summed E-state index contributed by atoms with van der Waals surface area (Å²) in [4.78, 5) is 13.7. The van der Waals surface area contributed by atoms with Crippen LogP contribution < -0.4 is 0 Å². The van der Waals surface area contributed by atoms with Gasteiger partial charge in [-0.15, -0.1) is 0 Å². The minimum absolute atomic E-state index is 0.124. The fourth-order valence-electron chi connectivity index (χ4n) is 1.86. The summed E-state index contributed by atoms with van der Waals surface area (Å²) in [5, 5.41) is 10.3. The van der Waals surface area contributed by atoms with Crippen LogP contribution in [0.25, 0.3) is 0 Å². The molecule has 0 unspecified atom stereocenters. The van der Waals surface area contributed by atoms with E-state index < -0.39 is 5.60 Å². The Hall–Kier alpha value is -0.580. The first-order valence-corrected chi connectivity index (χ1v) is 6.59. The molecule has 1 aliphatic heterocycles. The van der Waals surface area contributed by atoms with Gasteiger partial charge in [0.2, 0.25) is 0 Å². The van der Waals surface area contributed by atoms with E-state index in [9.17, 15) is 9.90 Å². The molecule has 0 spiro atoms. The summed E-state index contributed by atoms with van der Waals surface area (Å²) >= 11 is 9.31. The molecule has 3 nitrogen and oxygen atoms in total. The van der Waals surface area contributed by atoms with Crippen molar-refractivity contribution in [3.63, 3.8) is 0 Å². The normalized spacial score (nSPS) is 17.8. The standard InChI is InChI=1S/C12H13BrClNO2/c1-2-12(17)6-15(7-12)11(16)9-4-3-8(13)5-10(9)14/h3-5,17H,2,6-7H2,1H3. The summed E-state index contributed by atoms with van der Waals surface area (Å²) in [5.41, 5.74) is -0.231. The van der Waals surface area contributed by atoms with Crippen LogP contribution in [0.3, 0.4) is 0 Å². The predicted molar refractivity (Wildman–Crippen MR) is 70.3 cm³/mol. The monoisotopic (exact) mass is 317 g/mol. The van der Waals surface area contributed by atoms with Crippen molar-refractivity contribution in [2.45, 2.75) is 18.9 Å². The summed E-state index contributed by atoms with van der Waals surface area (Å²) in [5.74, 6) is -0.124. The fraction of sp³-hybridized carbons (Fsp3) is 0.417. The Morgan fingerprint density at radius 1 is 1.59 bits per heavy atom. The van der Waals surface area contributed by atoms with E-state index >= 15 is 0 Å². The first kappa shape index (κ1) is 12.9. The van der Waals surface area contributed by atoms with Gasteiger partial charge in [-0.05, 0) is 24.6 Å². The molecule has 1 N–H and O–H groups in total. The number of likely N-dealkylation sites (tertiary alicyclic amines) is 1. The van der Waals surface area contributed by atoms with Crippen molar-refractivity contribution in [2.75, 3.05) is 13.1 Å². The Balaban J connectivity index is 2.12. The van der Waals surface area contributed by atoms with Gasteiger partial charge in [-0.2, -0.15) is 0 Å².